The minimum Gasteiger partial charge on any atom is -0.348 e. The first-order valence-corrected chi connectivity index (χ1v) is 6.91. The van der Waals surface area contributed by atoms with Crippen molar-refractivity contribution in [2.75, 3.05) is 18.5 Å². The van der Waals surface area contributed by atoms with E-state index >= 15 is 0 Å². The van der Waals surface area contributed by atoms with Crippen LogP contribution in [0, 0.1) is 5.92 Å². The summed E-state index contributed by atoms with van der Waals surface area (Å²) in [6.07, 6.45) is 7.71. The molecule has 1 saturated heterocycles. The van der Waals surface area contributed by atoms with Crippen molar-refractivity contribution in [1.82, 2.24) is 0 Å². The molecule has 0 atom stereocenters. The summed E-state index contributed by atoms with van der Waals surface area (Å²) in [6.45, 7) is 1.45. The Balaban J connectivity index is 1.81. The van der Waals surface area contributed by atoms with E-state index in [9.17, 15) is 4.79 Å². The van der Waals surface area contributed by atoms with Crippen LogP contribution in [0.25, 0.3) is 0 Å². The molecule has 2 aliphatic rings. The maximum atomic E-state index is 11.1. The van der Waals surface area contributed by atoms with E-state index in [1.165, 1.54) is 0 Å². The molecule has 1 saturated carbocycles. The molecule has 1 heterocycles. The van der Waals surface area contributed by atoms with Crippen molar-refractivity contribution < 1.29 is 14.3 Å². The standard InChI is InChI=1S/C12H17BrO3/c13-9-11(14)2-1-10-3-5-12(6-4-10)15-7-8-16-12/h1-2,10H,3-9H2/b2-1+. The normalized spacial score (nSPS) is 25.6. The number of alkyl halides is 1. The van der Waals surface area contributed by atoms with Gasteiger partial charge in [-0.3, -0.25) is 4.79 Å². The van der Waals surface area contributed by atoms with E-state index in [-0.39, 0.29) is 11.6 Å². The van der Waals surface area contributed by atoms with Gasteiger partial charge in [0.1, 0.15) is 0 Å². The summed E-state index contributed by atoms with van der Waals surface area (Å²) in [5.74, 6) is 0.346. The first kappa shape index (κ1) is 12.3. The second kappa shape index (κ2) is 5.43. The van der Waals surface area contributed by atoms with Crippen LogP contribution in [-0.4, -0.2) is 30.1 Å². The van der Waals surface area contributed by atoms with Gasteiger partial charge in [-0.05, 0) is 24.8 Å². The molecule has 0 aromatic rings. The minimum atomic E-state index is -0.288. The van der Waals surface area contributed by atoms with Crippen molar-refractivity contribution in [2.24, 2.45) is 5.92 Å². The highest BCUT2D eigenvalue weighted by Crippen LogP contribution is 2.38. The summed E-state index contributed by atoms with van der Waals surface area (Å²) in [7, 11) is 0. The largest absolute Gasteiger partial charge is 0.348 e. The van der Waals surface area contributed by atoms with Gasteiger partial charge in [-0.25, -0.2) is 0 Å². The van der Waals surface area contributed by atoms with Crippen molar-refractivity contribution in [3.8, 4) is 0 Å². The lowest BCUT2D eigenvalue weighted by atomic mass is 9.85. The van der Waals surface area contributed by atoms with Gasteiger partial charge in [0.25, 0.3) is 0 Å². The van der Waals surface area contributed by atoms with Gasteiger partial charge in [0.05, 0.1) is 18.5 Å². The molecule has 1 spiro atoms. The van der Waals surface area contributed by atoms with Gasteiger partial charge < -0.3 is 9.47 Å². The number of ketones is 1. The Bertz CT molecular complexity index is 272. The predicted octanol–water partition coefficient (Wildman–Crippen LogP) is 2.44. The Morgan fingerprint density at radius 1 is 1.31 bits per heavy atom. The van der Waals surface area contributed by atoms with Crippen molar-refractivity contribution in [3.63, 3.8) is 0 Å². The highest BCUT2D eigenvalue weighted by atomic mass is 79.9. The van der Waals surface area contributed by atoms with E-state index in [0.29, 0.717) is 11.2 Å². The van der Waals surface area contributed by atoms with Crippen LogP contribution in [0.1, 0.15) is 25.7 Å². The van der Waals surface area contributed by atoms with Crippen LogP contribution < -0.4 is 0 Å². The van der Waals surface area contributed by atoms with E-state index in [1.54, 1.807) is 6.08 Å². The van der Waals surface area contributed by atoms with Crippen LogP contribution in [0.3, 0.4) is 0 Å². The molecule has 0 bridgehead atoms. The van der Waals surface area contributed by atoms with Crippen molar-refractivity contribution in [3.05, 3.63) is 12.2 Å². The number of hydrogen-bond donors (Lipinski definition) is 0. The molecule has 1 aliphatic carbocycles. The fourth-order valence-corrected chi connectivity index (χ4v) is 2.53. The lowest BCUT2D eigenvalue weighted by molar-refractivity contribution is -0.180. The SMILES string of the molecule is O=C(/C=C/C1CCC2(CC1)OCCO2)CBr. The monoisotopic (exact) mass is 288 g/mol. The Kier molecular flexibility index (Phi) is 4.16. The van der Waals surface area contributed by atoms with Crippen molar-refractivity contribution >= 4 is 21.7 Å². The molecule has 0 aromatic carbocycles. The lowest BCUT2D eigenvalue weighted by Gasteiger charge is -2.34. The Hall–Kier alpha value is -0.190. The quantitative estimate of drug-likeness (QED) is 0.591. The van der Waals surface area contributed by atoms with E-state index in [0.717, 1.165) is 38.9 Å². The molecule has 0 amide bonds. The third-order valence-electron chi connectivity index (χ3n) is 3.29. The van der Waals surface area contributed by atoms with Crippen molar-refractivity contribution in [2.45, 2.75) is 31.5 Å². The van der Waals surface area contributed by atoms with Gasteiger partial charge in [-0.2, -0.15) is 0 Å². The van der Waals surface area contributed by atoms with E-state index in [1.807, 2.05) is 6.08 Å². The number of carbonyl (C=O) groups excluding carboxylic acids is 1. The van der Waals surface area contributed by atoms with Crippen LogP contribution in [0.5, 0.6) is 0 Å². The average molecular weight is 289 g/mol. The Morgan fingerprint density at radius 3 is 2.50 bits per heavy atom. The van der Waals surface area contributed by atoms with E-state index < -0.39 is 0 Å². The second-order valence-corrected chi connectivity index (χ2v) is 4.96. The third kappa shape index (κ3) is 2.93. The van der Waals surface area contributed by atoms with Gasteiger partial charge in [-0.15, -0.1) is 0 Å². The zero-order valence-electron chi connectivity index (χ0n) is 9.28. The smallest absolute Gasteiger partial charge is 0.168 e. The molecule has 3 nitrogen and oxygen atoms in total. The summed E-state index contributed by atoms with van der Waals surface area (Å²) in [6, 6.07) is 0. The fourth-order valence-electron chi connectivity index (χ4n) is 2.35. The van der Waals surface area contributed by atoms with Crippen LogP contribution in [-0.2, 0) is 14.3 Å². The Labute approximate surface area is 104 Å². The van der Waals surface area contributed by atoms with Gasteiger partial charge >= 0.3 is 0 Å². The molecular weight excluding hydrogens is 272 g/mol. The summed E-state index contributed by atoms with van der Waals surface area (Å²) in [5, 5.41) is 0.409. The molecular formula is C12H17BrO3. The molecule has 4 heteroatoms. The van der Waals surface area contributed by atoms with Gasteiger partial charge in [0.15, 0.2) is 11.6 Å². The molecule has 0 N–H and O–H groups in total. The molecule has 16 heavy (non-hydrogen) atoms. The third-order valence-corrected chi connectivity index (χ3v) is 3.84. The summed E-state index contributed by atoms with van der Waals surface area (Å²) in [4.78, 5) is 11.1. The zero-order valence-corrected chi connectivity index (χ0v) is 10.9. The molecule has 0 unspecified atom stereocenters. The molecule has 90 valence electrons. The molecule has 0 aromatic heterocycles. The maximum Gasteiger partial charge on any atom is 0.168 e. The van der Waals surface area contributed by atoms with Gasteiger partial charge in [-0.1, -0.05) is 22.0 Å². The lowest BCUT2D eigenvalue weighted by Crippen LogP contribution is -2.34. The minimum absolute atomic E-state index is 0.133. The van der Waals surface area contributed by atoms with E-state index in [4.69, 9.17) is 9.47 Å². The Morgan fingerprint density at radius 2 is 1.94 bits per heavy atom. The first-order valence-electron chi connectivity index (χ1n) is 5.79. The van der Waals surface area contributed by atoms with Crippen molar-refractivity contribution in [1.29, 1.82) is 0 Å². The maximum absolute atomic E-state index is 11.1. The van der Waals surface area contributed by atoms with Crippen LogP contribution in [0.15, 0.2) is 12.2 Å². The van der Waals surface area contributed by atoms with Crippen LogP contribution in [0.2, 0.25) is 0 Å². The topological polar surface area (TPSA) is 35.5 Å². The molecule has 0 radical (unpaired) electrons. The summed E-state index contributed by atoms with van der Waals surface area (Å²) in [5.41, 5.74) is 0. The number of rotatable bonds is 3. The highest BCUT2D eigenvalue weighted by molar-refractivity contribution is 9.09. The highest BCUT2D eigenvalue weighted by Gasteiger charge is 2.39. The average Bonchev–Trinajstić information content (AvgIpc) is 2.77. The molecule has 1 aliphatic heterocycles. The van der Waals surface area contributed by atoms with Crippen LogP contribution >= 0.6 is 15.9 Å². The van der Waals surface area contributed by atoms with Crippen LogP contribution in [0.4, 0.5) is 0 Å². The second-order valence-electron chi connectivity index (χ2n) is 4.40. The number of carbonyl (C=O) groups is 1. The number of ether oxygens (including phenoxy) is 2. The zero-order chi connectivity index (χ0) is 11.4. The molecule has 2 fully saturated rings. The van der Waals surface area contributed by atoms with E-state index in [2.05, 4.69) is 15.9 Å². The molecule has 2 rings (SSSR count). The number of halogens is 1. The van der Waals surface area contributed by atoms with Gasteiger partial charge in [0.2, 0.25) is 0 Å². The summed E-state index contributed by atoms with van der Waals surface area (Å²) < 4.78 is 11.3. The van der Waals surface area contributed by atoms with Gasteiger partial charge in [0, 0.05) is 12.8 Å². The fraction of sp³-hybridized carbons (Fsp3) is 0.750. The number of hydrogen-bond acceptors (Lipinski definition) is 3. The first-order chi connectivity index (χ1) is 7.74. The summed E-state index contributed by atoms with van der Waals surface area (Å²) >= 11 is 3.15. The number of allylic oxidation sites excluding steroid dienone is 2. The predicted molar refractivity (Wildman–Crippen MR) is 64.5 cm³/mol.